The molecule has 1 aliphatic heterocycles. The Morgan fingerprint density at radius 3 is 2.50 bits per heavy atom. The van der Waals surface area contributed by atoms with Crippen LogP contribution in [0.2, 0.25) is 0 Å². The van der Waals surface area contributed by atoms with Crippen molar-refractivity contribution in [3.8, 4) is 0 Å². The number of anilines is 1. The van der Waals surface area contributed by atoms with Crippen molar-refractivity contribution in [1.29, 1.82) is 0 Å². The van der Waals surface area contributed by atoms with Gasteiger partial charge < -0.3 is 4.90 Å². The number of carbonyl (C=O) groups is 1. The summed E-state index contributed by atoms with van der Waals surface area (Å²) in [7, 11) is -3.68. The summed E-state index contributed by atoms with van der Waals surface area (Å²) in [4.78, 5) is 16.4. The monoisotopic (exact) mass is 440 g/mol. The summed E-state index contributed by atoms with van der Waals surface area (Å²) in [5.74, 6) is -0.0190. The van der Waals surface area contributed by atoms with Crippen LogP contribution in [0.25, 0.3) is 0 Å². The summed E-state index contributed by atoms with van der Waals surface area (Å²) in [6, 6.07) is 15.9. The van der Waals surface area contributed by atoms with Gasteiger partial charge in [-0.3, -0.25) is 9.52 Å². The first-order valence-corrected chi connectivity index (χ1v) is 12.3. The Kier molecular flexibility index (Phi) is 5.66. The van der Waals surface area contributed by atoms with Gasteiger partial charge in [0.15, 0.2) is 0 Å². The van der Waals surface area contributed by atoms with Crippen LogP contribution in [0.5, 0.6) is 0 Å². The molecule has 1 atom stereocenters. The van der Waals surface area contributed by atoms with Crippen molar-refractivity contribution in [3.05, 3.63) is 81.5 Å². The number of thiophene rings is 1. The van der Waals surface area contributed by atoms with E-state index in [0.29, 0.717) is 11.3 Å². The Hall–Kier alpha value is -2.64. The lowest BCUT2D eigenvalue weighted by Crippen LogP contribution is -2.30. The van der Waals surface area contributed by atoms with Crippen LogP contribution in [0.15, 0.2) is 64.9 Å². The lowest BCUT2D eigenvalue weighted by Gasteiger charge is -2.24. The number of amides is 1. The van der Waals surface area contributed by atoms with Crippen molar-refractivity contribution in [1.82, 2.24) is 4.90 Å². The molecule has 1 aliphatic rings. The molecular formula is C23H24N2O3S2. The number of hydrogen-bond acceptors (Lipinski definition) is 4. The van der Waals surface area contributed by atoms with E-state index in [1.54, 1.807) is 53.8 Å². The van der Waals surface area contributed by atoms with Crippen molar-refractivity contribution in [2.75, 3.05) is 11.3 Å². The summed E-state index contributed by atoms with van der Waals surface area (Å²) in [5.41, 5.74) is 2.96. The van der Waals surface area contributed by atoms with Gasteiger partial charge in [-0.1, -0.05) is 12.1 Å². The fourth-order valence-electron chi connectivity index (χ4n) is 3.73. The fourth-order valence-corrected chi connectivity index (χ4v) is 5.75. The van der Waals surface area contributed by atoms with Gasteiger partial charge in [0, 0.05) is 22.7 Å². The summed E-state index contributed by atoms with van der Waals surface area (Å²) in [6.45, 7) is 4.57. The third-order valence-electron chi connectivity index (χ3n) is 5.56. The molecule has 0 aliphatic carbocycles. The number of sulfonamides is 1. The van der Waals surface area contributed by atoms with Crippen molar-refractivity contribution < 1.29 is 13.2 Å². The van der Waals surface area contributed by atoms with E-state index >= 15 is 0 Å². The molecule has 1 N–H and O–H groups in total. The summed E-state index contributed by atoms with van der Waals surface area (Å²) < 4.78 is 28.0. The summed E-state index contributed by atoms with van der Waals surface area (Å²) in [5, 5.41) is 2.03. The largest absolute Gasteiger partial charge is 0.331 e. The third-order valence-corrected chi connectivity index (χ3v) is 7.91. The van der Waals surface area contributed by atoms with E-state index in [9.17, 15) is 13.2 Å². The second-order valence-electron chi connectivity index (χ2n) is 7.60. The van der Waals surface area contributed by atoms with Crippen LogP contribution < -0.4 is 4.72 Å². The predicted molar refractivity (Wildman–Crippen MR) is 120 cm³/mol. The molecule has 7 heteroatoms. The summed E-state index contributed by atoms with van der Waals surface area (Å²) >= 11 is 1.67. The predicted octanol–water partition coefficient (Wildman–Crippen LogP) is 5.14. The van der Waals surface area contributed by atoms with E-state index in [1.807, 2.05) is 30.2 Å². The molecule has 4 rings (SSSR count). The highest BCUT2D eigenvalue weighted by Crippen LogP contribution is 2.35. The number of nitrogens with one attached hydrogen (secondary N) is 1. The number of nitrogens with zero attached hydrogens (tertiary/aromatic N) is 1. The molecule has 1 unspecified atom stereocenters. The van der Waals surface area contributed by atoms with E-state index in [4.69, 9.17) is 0 Å². The maximum atomic E-state index is 13.0. The molecule has 1 fully saturated rings. The first kappa shape index (κ1) is 20.6. The van der Waals surface area contributed by atoms with Gasteiger partial charge in [-0.05, 0) is 85.7 Å². The number of rotatable bonds is 5. The zero-order valence-corrected chi connectivity index (χ0v) is 18.6. The minimum absolute atomic E-state index is 0.0190. The van der Waals surface area contributed by atoms with Crippen molar-refractivity contribution in [2.45, 2.75) is 37.6 Å². The van der Waals surface area contributed by atoms with Gasteiger partial charge in [0.2, 0.25) is 0 Å². The minimum atomic E-state index is -3.68. The zero-order chi connectivity index (χ0) is 21.3. The first-order valence-electron chi connectivity index (χ1n) is 9.90. The Morgan fingerprint density at radius 2 is 1.83 bits per heavy atom. The molecule has 0 radical (unpaired) electrons. The number of carbonyl (C=O) groups excluding carboxylic acids is 1. The van der Waals surface area contributed by atoms with Gasteiger partial charge in [-0.15, -0.1) is 11.3 Å². The van der Waals surface area contributed by atoms with Crippen molar-refractivity contribution in [3.63, 3.8) is 0 Å². The highest BCUT2D eigenvalue weighted by molar-refractivity contribution is 7.92. The molecule has 1 amide bonds. The van der Waals surface area contributed by atoms with Crippen LogP contribution in [0.4, 0.5) is 5.69 Å². The topological polar surface area (TPSA) is 66.5 Å². The maximum Gasteiger partial charge on any atom is 0.261 e. The molecule has 30 heavy (non-hydrogen) atoms. The second-order valence-corrected chi connectivity index (χ2v) is 10.3. The maximum absolute atomic E-state index is 13.0. The van der Waals surface area contributed by atoms with Gasteiger partial charge >= 0.3 is 0 Å². The van der Waals surface area contributed by atoms with Gasteiger partial charge in [-0.25, -0.2) is 8.42 Å². The molecule has 1 aromatic heterocycles. The summed E-state index contributed by atoms with van der Waals surface area (Å²) in [6.07, 6.45) is 1.96. The molecule has 1 saturated heterocycles. The normalized spacial score (nSPS) is 16.6. The zero-order valence-electron chi connectivity index (χ0n) is 17.0. The Bertz CT molecular complexity index is 1150. The number of aryl methyl sites for hydroxylation is 2. The van der Waals surface area contributed by atoms with Crippen LogP contribution in [-0.2, 0) is 10.0 Å². The Labute approximate surface area is 181 Å². The lowest BCUT2D eigenvalue weighted by molar-refractivity contribution is 0.0738. The van der Waals surface area contributed by atoms with E-state index in [-0.39, 0.29) is 16.8 Å². The highest BCUT2D eigenvalue weighted by atomic mass is 32.2. The highest BCUT2D eigenvalue weighted by Gasteiger charge is 2.31. The molecule has 0 spiro atoms. The Balaban J connectivity index is 1.50. The quantitative estimate of drug-likeness (QED) is 0.597. The van der Waals surface area contributed by atoms with Crippen LogP contribution in [0.1, 0.15) is 45.2 Å². The van der Waals surface area contributed by atoms with Gasteiger partial charge in [0.05, 0.1) is 10.9 Å². The number of hydrogen-bond donors (Lipinski definition) is 1. The molecule has 156 valence electrons. The SMILES string of the molecule is Cc1ccc(S(=O)(=O)Nc2ccc(C(=O)N3CCCC3c3cccs3)cc2)cc1C. The average Bonchev–Trinajstić information content (AvgIpc) is 3.41. The third kappa shape index (κ3) is 4.13. The van der Waals surface area contributed by atoms with E-state index in [0.717, 1.165) is 30.5 Å². The Morgan fingerprint density at radius 1 is 1.07 bits per heavy atom. The number of benzene rings is 2. The second kappa shape index (κ2) is 8.24. The van der Waals surface area contributed by atoms with E-state index in [2.05, 4.69) is 10.8 Å². The molecule has 3 aromatic rings. The minimum Gasteiger partial charge on any atom is -0.331 e. The van der Waals surface area contributed by atoms with Crippen LogP contribution in [-0.4, -0.2) is 25.8 Å². The van der Waals surface area contributed by atoms with Gasteiger partial charge in [0.25, 0.3) is 15.9 Å². The molecular weight excluding hydrogens is 416 g/mol. The van der Waals surface area contributed by atoms with E-state index in [1.165, 1.54) is 4.88 Å². The number of likely N-dealkylation sites (tertiary alicyclic amines) is 1. The van der Waals surface area contributed by atoms with Gasteiger partial charge in [0.1, 0.15) is 0 Å². The lowest BCUT2D eigenvalue weighted by atomic mass is 10.1. The van der Waals surface area contributed by atoms with Crippen LogP contribution >= 0.6 is 11.3 Å². The van der Waals surface area contributed by atoms with E-state index < -0.39 is 10.0 Å². The van der Waals surface area contributed by atoms with Crippen LogP contribution in [0.3, 0.4) is 0 Å². The standard InChI is InChI=1S/C23H24N2O3S2/c1-16-7-12-20(15-17(16)2)30(27,28)24-19-10-8-18(9-11-19)23(26)25-13-3-5-21(25)22-6-4-14-29-22/h4,6-12,14-15,21,24H,3,5,13H2,1-2H3. The van der Waals surface area contributed by atoms with Crippen molar-refractivity contribution >= 4 is 33.0 Å². The molecule has 2 heterocycles. The molecule has 0 saturated carbocycles. The molecule has 2 aromatic carbocycles. The van der Waals surface area contributed by atoms with Gasteiger partial charge in [-0.2, -0.15) is 0 Å². The van der Waals surface area contributed by atoms with Crippen molar-refractivity contribution in [2.24, 2.45) is 0 Å². The molecule has 5 nitrogen and oxygen atoms in total. The first-order chi connectivity index (χ1) is 14.3. The van der Waals surface area contributed by atoms with Crippen LogP contribution in [0, 0.1) is 13.8 Å². The fraction of sp³-hybridized carbons (Fsp3) is 0.261. The average molecular weight is 441 g/mol. The molecule has 0 bridgehead atoms. The smallest absolute Gasteiger partial charge is 0.261 e.